The average molecular weight is 327 g/mol. The highest BCUT2D eigenvalue weighted by molar-refractivity contribution is 7.99. The van der Waals surface area contributed by atoms with Crippen molar-refractivity contribution in [2.75, 3.05) is 12.3 Å². The van der Waals surface area contributed by atoms with Crippen molar-refractivity contribution in [1.82, 2.24) is 10.3 Å². The zero-order chi connectivity index (χ0) is 16.4. The van der Waals surface area contributed by atoms with Gasteiger partial charge in [0, 0.05) is 25.5 Å². The van der Waals surface area contributed by atoms with E-state index in [1.807, 2.05) is 0 Å². The lowest BCUT2D eigenvalue weighted by Crippen LogP contribution is -2.24. The molecule has 0 aromatic carbocycles. The maximum Gasteiger partial charge on any atom is 0.303 e. The minimum atomic E-state index is -0.874. The number of rotatable bonds is 10. The Kier molecular flexibility index (Phi) is 7.90. The number of aromatic nitrogens is 1. The van der Waals surface area contributed by atoms with Crippen molar-refractivity contribution in [3.8, 4) is 0 Å². The van der Waals surface area contributed by atoms with E-state index >= 15 is 0 Å². The van der Waals surface area contributed by atoms with Gasteiger partial charge < -0.3 is 10.4 Å². The van der Waals surface area contributed by atoms with Gasteiger partial charge in [-0.25, -0.2) is 4.98 Å². The van der Waals surface area contributed by atoms with E-state index in [0.29, 0.717) is 36.6 Å². The van der Waals surface area contributed by atoms with Gasteiger partial charge in [-0.1, -0.05) is 0 Å². The normalized spacial score (nSPS) is 10.2. The summed E-state index contributed by atoms with van der Waals surface area (Å²) in [5.41, 5.74) is -0.0508. The number of nitrogens with one attached hydrogen (secondary N) is 1. The molecule has 0 saturated carbocycles. The predicted octanol–water partition coefficient (Wildman–Crippen LogP) is 1.84. The number of carbonyl (C=O) groups excluding carboxylic acids is 1. The summed E-state index contributed by atoms with van der Waals surface area (Å²) in [6.07, 6.45) is 2.67. The van der Waals surface area contributed by atoms with Crippen molar-refractivity contribution in [1.29, 1.82) is 0 Å². The first kappa shape index (κ1) is 17.9. The van der Waals surface area contributed by atoms with Gasteiger partial charge in [0.05, 0.1) is 9.95 Å². The molecule has 1 aromatic heterocycles. The molecule has 0 saturated heterocycles. The molecule has 0 aliphatic heterocycles. The zero-order valence-electron chi connectivity index (χ0n) is 11.9. The number of hydrogen-bond acceptors (Lipinski definition) is 6. The predicted molar refractivity (Wildman–Crippen MR) is 80.7 cm³/mol. The summed E-state index contributed by atoms with van der Waals surface area (Å²) in [6, 6.07) is 2.97. The highest BCUT2D eigenvalue weighted by Gasteiger charge is 2.06. The number of pyridine rings is 1. The molecule has 0 unspecified atom stereocenters. The van der Waals surface area contributed by atoms with E-state index in [0.717, 1.165) is 0 Å². The highest BCUT2D eigenvalue weighted by Crippen LogP contribution is 2.19. The molecular weight excluding hydrogens is 310 g/mol. The van der Waals surface area contributed by atoms with Crippen LogP contribution in [0.25, 0.3) is 0 Å². The van der Waals surface area contributed by atoms with Gasteiger partial charge in [0.2, 0.25) is 5.91 Å². The van der Waals surface area contributed by atoms with Crippen molar-refractivity contribution < 1.29 is 19.6 Å². The van der Waals surface area contributed by atoms with Crippen molar-refractivity contribution >= 4 is 29.3 Å². The minimum absolute atomic E-state index is 0.0436. The number of thioether (sulfide) groups is 1. The van der Waals surface area contributed by atoms with E-state index in [1.54, 1.807) is 6.07 Å². The Balaban J connectivity index is 2.12. The first-order chi connectivity index (χ1) is 10.5. The Morgan fingerprint density at radius 2 is 2.09 bits per heavy atom. The number of carboxylic acid groups (broad SMARTS) is 1. The molecule has 1 amide bonds. The fraction of sp³-hybridized carbons (Fsp3) is 0.462. The lowest BCUT2D eigenvalue weighted by atomic mass is 10.3. The van der Waals surface area contributed by atoms with Gasteiger partial charge in [0.1, 0.15) is 6.20 Å². The number of nitrogens with zero attached hydrogens (tertiary/aromatic N) is 2. The van der Waals surface area contributed by atoms with Gasteiger partial charge in [-0.3, -0.25) is 19.7 Å². The van der Waals surface area contributed by atoms with Gasteiger partial charge in [0.15, 0.2) is 0 Å². The van der Waals surface area contributed by atoms with Crippen LogP contribution in [0.2, 0.25) is 0 Å². The Hall–Kier alpha value is -2.16. The zero-order valence-corrected chi connectivity index (χ0v) is 12.7. The smallest absolute Gasteiger partial charge is 0.303 e. The number of aliphatic carboxylic acids is 1. The molecule has 0 aliphatic carbocycles. The van der Waals surface area contributed by atoms with Crippen LogP contribution in [0, 0.1) is 10.1 Å². The van der Waals surface area contributed by atoms with Crippen LogP contribution < -0.4 is 5.32 Å². The lowest BCUT2D eigenvalue weighted by Gasteiger charge is -2.04. The SMILES string of the molecule is O=C(O)CCCNC(=O)CCCSc1ccc([N+](=O)[O-])cn1. The molecule has 1 rings (SSSR count). The van der Waals surface area contributed by atoms with E-state index in [9.17, 15) is 19.7 Å². The van der Waals surface area contributed by atoms with Crippen LogP contribution in [0.4, 0.5) is 5.69 Å². The van der Waals surface area contributed by atoms with E-state index in [1.165, 1.54) is 24.0 Å². The summed E-state index contributed by atoms with van der Waals surface area (Å²) in [4.78, 5) is 35.7. The lowest BCUT2D eigenvalue weighted by molar-refractivity contribution is -0.385. The molecule has 0 aliphatic rings. The van der Waals surface area contributed by atoms with E-state index in [4.69, 9.17) is 5.11 Å². The minimum Gasteiger partial charge on any atom is -0.481 e. The van der Waals surface area contributed by atoms with Crippen molar-refractivity contribution in [2.45, 2.75) is 30.7 Å². The Morgan fingerprint density at radius 3 is 2.68 bits per heavy atom. The maximum absolute atomic E-state index is 11.5. The molecule has 0 radical (unpaired) electrons. The number of hydrogen-bond donors (Lipinski definition) is 2. The van der Waals surface area contributed by atoms with Gasteiger partial charge in [-0.2, -0.15) is 0 Å². The standard InChI is InChI=1S/C13H17N3O5S/c17-11(14-7-1-4-13(18)19)3-2-8-22-12-6-5-10(9-15-12)16(20)21/h5-6,9H,1-4,7-8H2,(H,14,17)(H,18,19). The molecule has 1 heterocycles. The molecule has 8 nitrogen and oxygen atoms in total. The third-order valence-corrected chi connectivity index (χ3v) is 3.65. The highest BCUT2D eigenvalue weighted by atomic mass is 32.2. The van der Waals surface area contributed by atoms with Gasteiger partial charge in [0.25, 0.3) is 5.69 Å². The fourth-order valence-corrected chi connectivity index (χ4v) is 2.32. The van der Waals surface area contributed by atoms with Crippen molar-refractivity contribution in [2.24, 2.45) is 0 Å². The summed E-state index contributed by atoms with van der Waals surface area (Å²) < 4.78 is 0. The number of nitro groups is 1. The summed E-state index contributed by atoms with van der Waals surface area (Å²) in [5.74, 6) is -0.309. The van der Waals surface area contributed by atoms with Crippen LogP contribution in [-0.2, 0) is 9.59 Å². The molecule has 1 aromatic rings. The van der Waals surface area contributed by atoms with Gasteiger partial charge >= 0.3 is 5.97 Å². The van der Waals surface area contributed by atoms with E-state index in [2.05, 4.69) is 10.3 Å². The van der Waals surface area contributed by atoms with E-state index < -0.39 is 10.9 Å². The molecule has 0 bridgehead atoms. The van der Waals surface area contributed by atoms with Crippen LogP contribution in [0.1, 0.15) is 25.7 Å². The van der Waals surface area contributed by atoms with Crippen LogP contribution in [-0.4, -0.2) is 39.2 Å². The molecule has 9 heteroatoms. The van der Waals surface area contributed by atoms with Crippen LogP contribution in [0.5, 0.6) is 0 Å². The van der Waals surface area contributed by atoms with E-state index in [-0.39, 0.29) is 18.0 Å². The average Bonchev–Trinajstić information content (AvgIpc) is 2.48. The number of amides is 1. The maximum atomic E-state index is 11.5. The second-order valence-corrected chi connectivity index (χ2v) is 5.53. The molecule has 0 spiro atoms. The van der Waals surface area contributed by atoms with Crippen molar-refractivity contribution in [3.63, 3.8) is 0 Å². The summed E-state index contributed by atoms with van der Waals surface area (Å²) >= 11 is 1.42. The molecule has 0 fully saturated rings. The first-order valence-electron chi connectivity index (χ1n) is 6.71. The summed E-state index contributed by atoms with van der Waals surface area (Å²) in [6.45, 7) is 0.363. The van der Waals surface area contributed by atoms with Crippen LogP contribution in [0.3, 0.4) is 0 Å². The molecule has 22 heavy (non-hydrogen) atoms. The summed E-state index contributed by atoms with van der Waals surface area (Å²) in [7, 11) is 0. The Labute approximate surface area is 131 Å². The van der Waals surface area contributed by atoms with Gasteiger partial charge in [-0.05, 0) is 24.7 Å². The van der Waals surface area contributed by atoms with Crippen LogP contribution in [0.15, 0.2) is 23.4 Å². The molecule has 2 N–H and O–H groups in total. The largest absolute Gasteiger partial charge is 0.481 e. The third kappa shape index (κ3) is 7.58. The second kappa shape index (κ2) is 9.72. The number of carbonyl (C=O) groups is 2. The van der Waals surface area contributed by atoms with Crippen LogP contribution >= 0.6 is 11.8 Å². The second-order valence-electron chi connectivity index (χ2n) is 4.41. The Bertz CT molecular complexity index is 521. The van der Waals surface area contributed by atoms with Gasteiger partial charge in [-0.15, -0.1) is 11.8 Å². The quantitative estimate of drug-likeness (QED) is 0.291. The third-order valence-electron chi connectivity index (χ3n) is 2.62. The fourth-order valence-electron chi connectivity index (χ4n) is 1.53. The number of carboxylic acids is 1. The van der Waals surface area contributed by atoms with Crippen molar-refractivity contribution in [3.05, 3.63) is 28.4 Å². The topological polar surface area (TPSA) is 122 Å². The summed E-state index contributed by atoms with van der Waals surface area (Å²) in [5, 5.41) is 22.3. The monoisotopic (exact) mass is 327 g/mol. The molecule has 120 valence electrons. The first-order valence-corrected chi connectivity index (χ1v) is 7.69. The molecule has 0 atom stereocenters. The Morgan fingerprint density at radius 1 is 1.32 bits per heavy atom. The molecular formula is C13H17N3O5S.